The molecule has 1 fully saturated rings. The number of unbranched alkanes of at least 4 members (excludes halogenated alkanes) is 1. The molecule has 1 aromatic heterocycles. The van der Waals surface area contributed by atoms with Crippen molar-refractivity contribution in [3.05, 3.63) is 47.8 Å². The van der Waals surface area contributed by atoms with Gasteiger partial charge in [-0.05, 0) is 30.5 Å². The van der Waals surface area contributed by atoms with Crippen LogP contribution in [-0.4, -0.2) is 39.0 Å². The molecular weight excluding hydrogens is 262 g/mol. The number of aliphatic hydroxyl groups is 1. The van der Waals surface area contributed by atoms with E-state index in [9.17, 15) is 5.11 Å². The fraction of sp³-hybridized carbons (Fsp3) is 0.471. The van der Waals surface area contributed by atoms with Gasteiger partial charge in [-0.2, -0.15) is 5.10 Å². The summed E-state index contributed by atoms with van der Waals surface area (Å²) in [5, 5.41) is 13.7. The molecule has 0 atom stereocenters. The molecule has 1 aliphatic heterocycles. The minimum absolute atomic E-state index is 0.143. The van der Waals surface area contributed by atoms with Gasteiger partial charge in [0.15, 0.2) is 0 Å². The van der Waals surface area contributed by atoms with Crippen molar-refractivity contribution in [1.82, 2.24) is 14.7 Å². The number of likely N-dealkylation sites (tertiary alicyclic amines) is 1. The zero-order valence-electron chi connectivity index (χ0n) is 12.6. The maximum atomic E-state index is 9.30. The standard InChI is InChI=1S/C17H23N3O/c1-2-3-4-14-5-7-16(8-6-14)20-11-15(9-18-20)10-19-12-17(21)13-19/h5-9,11,17,21H,2-4,10,12-13H2,1H3. The molecule has 0 radical (unpaired) electrons. The molecule has 2 heterocycles. The Labute approximate surface area is 126 Å². The summed E-state index contributed by atoms with van der Waals surface area (Å²) in [5.41, 5.74) is 3.68. The number of hydrogen-bond acceptors (Lipinski definition) is 3. The maximum Gasteiger partial charge on any atom is 0.0794 e. The van der Waals surface area contributed by atoms with Gasteiger partial charge < -0.3 is 5.11 Å². The Hall–Kier alpha value is -1.65. The summed E-state index contributed by atoms with van der Waals surface area (Å²) in [5.74, 6) is 0. The van der Waals surface area contributed by atoms with Crippen LogP contribution in [-0.2, 0) is 13.0 Å². The summed E-state index contributed by atoms with van der Waals surface area (Å²) >= 11 is 0. The Morgan fingerprint density at radius 1 is 1.19 bits per heavy atom. The van der Waals surface area contributed by atoms with Gasteiger partial charge in [0.1, 0.15) is 0 Å². The number of nitrogens with zero attached hydrogens (tertiary/aromatic N) is 3. The summed E-state index contributed by atoms with van der Waals surface area (Å²) in [7, 11) is 0. The van der Waals surface area contributed by atoms with E-state index in [-0.39, 0.29) is 6.10 Å². The highest BCUT2D eigenvalue weighted by molar-refractivity contribution is 5.34. The second-order valence-corrected chi connectivity index (χ2v) is 5.91. The SMILES string of the molecule is CCCCc1ccc(-n2cc(CN3CC(O)C3)cn2)cc1. The summed E-state index contributed by atoms with van der Waals surface area (Å²) in [6.45, 7) is 4.64. The van der Waals surface area contributed by atoms with Crippen molar-refractivity contribution >= 4 is 0 Å². The molecule has 1 saturated heterocycles. The molecule has 0 bridgehead atoms. The molecule has 3 rings (SSSR count). The van der Waals surface area contributed by atoms with Crippen LogP contribution in [0.1, 0.15) is 30.9 Å². The van der Waals surface area contributed by atoms with E-state index in [1.165, 1.54) is 24.0 Å². The van der Waals surface area contributed by atoms with Gasteiger partial charge in [-0.3, -0.25) is 4.90 Å². The van der Waals surface area contributed by atoms with Gasteiger partial charge in [0, 0.05) is 31.4 Å². The number of hydrogen-bond donors (Lipinski definition) is 1. The minimum atomic E-state index is -0.143. The minimum Gasteiger partial charge on any atom is -0.390 e. The van der Waals surface area contributed by atoms with Gasteiger partial charge in [-0.25, -0.2) is 4.68 Å². The van der Waals surface area contributed by atoms with Gasteiger partial charge in [-0.1, -0.05) is 25.5 Å². The number of aliphatic hydroxyl groups excluding tert-OH is 1. The Balaban J connectivity index is 1.62. The molecule has 1 N–H and O–H groups in total. The van der Waals surface area contributed by atoms with E-state index in [4.69, 9.17) is 0 Å². The number of aryl methyl sites for hydroxylation is 1. The smallest absolute Gasteiger partial charge is 0.0794 e. The van der Waals surface area contributed by atoms with Gasteiger partial charge in [0.2, 0.25) is 0 Å². The van der Waals surface area contributed by atoms with E-state index in [2.05, 4.69) is 47.4 Å². The van der Waals surface area contributed by atoms with Crippen molar-refractivity contribution in [2.75, 3.05) is 13.1 Å². The molecule has 1 aromatic carbocycles. The van der Waals surface area contributed by atoms with Crippen molar-refractivity contribution in [3.8, 4) is 5.69 Å². The van der Waals surface area contributed by atoms with Crippen molar-refractivity contribution in [3.63, 3.8) is 0 Å². The van der Waals surface area contributed by atoms with Crippen LogP contribution in [0.3, 0.4) is 0 Å². The third-order valence-electron chi connectivity index (χ3n) is 4.00. The Bertz CT molecular complexity index is 570. The molecule has 4 heteroatoms. The largest absolute Gasteiger partial charge is 0.390 e. The lowest BCUT2D eigenvalue weighted by atomic mass is 10.1. The third kappa shape index (κ3) is 3.52. The van der Waals surface area contributed by atoms with Crippen molar-refractivity contribution in [1.29, 1.82) is 0 Å². The first-order valence-electron chi connectivity index (χ1n) is 7.78. The summed E-state index contributed by atoms with van der Waals surface area (Å²) in [6, 6.07) is 8.65. The monoisotopic (exact) mass is 285 g/mol. The van der Waals surface area contributed by atoms with E-state index < -0.39 is 0 Å². The summed E-state index contributed by atoms with van der Waals surface area (Å²) in [6.07, 6.45) is 7.47. The second kappa shape index (κ2) is 6.41. The zero-order valence-corrected chi connectivity index (χ0v) is 12.6. The fourth-order valence-electron chi connectivity index (χ4n) is 2.71. The highest BCUT2D eigenvalue weighted by Gasteiger charge is 2.24. The van der Waals surface area contributed by atoms with Crippen LogP contribution in [0.2, 0.25) is 0 Å². The van der Waals surface area contributed by atoms with Crippen LogP contribution in [0.4, 0.5) is 0 Å². The summed E-state index contributed by atoms with van der Waals surface area (Å²) < 4.78 is 1.93. The Morgan fingerprint density at radius 2 is 1.95 bits per heavy atom. The molecule has 1 aliphatic rings. The van der Waals surface area contributed by atoms with Crippen LogP contribution in [0.5, 0.6) is 0 Å². The third-order valence-corrected chi connectivity index (χ3v) is 4.00. The van der Waals surface area contributed by atoms with E-state index in [0.29, 0.717) is 0 Å². The Morgan fingerprint density at radius 3 is 2.62 bits per heavy atom. The second-order valence-electron chi connectivity index (χ2n) is 5.91. The Kier molecular flexibility index (Phi) is 4.36. The molecule has 4 nitrogen and oxygen atoms in total. The van der Waals surface area contributed by atoms with Gasteiger partial charge >= 0.3 is 0 Å². The molecular formula is C17H23N3O. The first-order chi connectivity index (χ1) is 10.2. The van der Waals surface area contributed by atoms with Gasteiger partial charge in [0.05, 0.1) is 18.0 Å². The molecule has 0 aliphatic carbocycles. The molecule has 21 heavy (non-hydrogen) atoms. The maximum absolute atomic E-state index is 9.30. The van der Waals surface area contributed by atoms with Crippen LogP contribution < -0.4 is 0 Å². The van der Waals surface area contributed by atoms with Crippen molar-refractivity contribution < 1.29 is 5.11 Å². The van der Waals surface area contributed by atoms with E-state index in [1.54, 1.807) is 0 Å². The van der Waals surface area contributed by atoms with Gasteiger partial charge in [-0.15, -0.1) is 0 Å². The predicted octanol–water partition coefficient (Wildman–Crippen LogP) is 2.39. The van der Waals surface area contributed by atoms with Crippen LogP contribution in [0.25, 0.3) is 5.69 Å². The molecule has 112 valence electrons. The topological polar surface area (TPSA) is 41.3 Å². The van der Waals surface area contributed by atoms with Crippen molar-refractivity contribution in [2.45, 2.75) is 38.8 Å². The average Bonchev–Trinajstić information content (AvgIpc) is 2.93. The lowest BCUT2D eigenvalue weighted by molar-refractivity contribution is -0.00287. The highest BCUT2D eigenvalue weighted by atomic mass is 16.3. The quantitative estimate of drug-likeness (QED) is 0.886. The van der Waals surface area contributed by atoms with E-state index in [0.717, 1.165) is 31.7 Å². The van der Waals surface area contributed by atoms with E-state index in [1.807, 2.05) is 10.9 Å². The number of benzene rings is 1. The first kappa shape index (κ1) is 14.3. The number of β-amino-alcohol motifs (C(OH)–C–C–N with tert-alkyl or cyclic N) is 1. The molecule has 0 saturated carbocycles. The zero-order chi connectivity index (χ0) is 14.7. The predicted molar refractivity (Wildman–Crippen MR) is 83.5 cm³/mol. The number of aromatic nitrogens is 2. The first-order valence-corrected chi connectivity index (χ1v) is 7.78. The highest BCUT2D eigenvalue weighted by Crippen LogP contribution is 2.15. The molecule has 0 unspecified atom stereocenters. The van der Waals surface area contributed by atoms with Crippen molar-refractivity contribution in [2.24, 2.45) is 0 Å². The van der Waals surface area contributed by atoms with Gasteiger partial charge in [0.25, 0.3) is 0 Å². The summed E-state index contributed by atoms with van der Waals surface area (Å²) in [4.78, 5) is 2.22. The van der Waals surface area contributed by atoms with Crippen LogP contribution >= 0.6 is 0 Å². The normalized spacial score (nSPS) is 16.1. The molecule has 2 aromatic rings. The lowest BCUT2D eigenvalue weighted by Crippen LogP contribution is -2.49. The fourth-order valence-corrected chi connectivity index (χ4v) is 2.71. The average molecular weight is 285 g/mol. The molecule has 0 spiro atoms. The van der Waals surface area contributed by atoms with E-state index >= 15 is 0 Å². The van der Waals surface area contributed by atoms with Crippen LogP contribution in [0, 0.1) is 0 Å². The number of rotatable bonds is 6. The molecule has 0 amide bonds. The lowest BCUT2D eigenvalue weighted by Gasteiger charge is -2.35. The van der Waals surface area contributed by atoms with Crippen LogP contribution in [0.15, 0.2) is 36.7 Å².